The lowest BCUT2D eigenvalue weighted by atomic mass is 9.77. The molecular formula is C13H16ClNO. The SMILES string of the molecule is CC(Cl)CCNC(=O)C1Cc2ccccc21. The third-order valence-electron chi connectivity index (χ3n) is 3.01. The highest BCUT2D eigenvalue weighted by molar-refractivity contribution is 6.20. The van der Waals surface area contributed by atoms with Gasteiger partial charge in [-0.25, -0.2) is 0 Å². The van der Waals surface area contributed by atoms with E-state index in [4.69, 9.17) is 11.6 Å². The normalized spacial score (nSPS) is 19.5. The summed E-state index contributed by atoms with van der Waals surface area (Å²) in [5, 5.41) is 3.05. The number of hydrogen-bond donors (Lipinski definition) is 1. The van der Waals surface area contributed by atoms with Gasteiger partial charge in [0, 0.05) is 11.9 Å². The second-order valence-corrected chi connectivity index (χ2v) is 5.06. The molecule has 3 heteroatoms. The van der Waals surface area contributed by atoms with Crippen molar-refractivity contribution in [1.82, 2.24) is 5.32 Å². The van der Waals surface area contributed by atoms with E-state index in [0.29, 0.717) is 6.54 Å². The molecule has 0 saturated heterocycles. The van der Waals surface area contributed by atoms with E-state index in [9.17, 15) is 4.79 Å². The molecule has 0 aromatic heterocycles. The van der Waals surface area contributed by atoms with Gasteiger partial charge in [-0.05, 0) is 30.9 Å². The van der Waals surface area contributed by atoms with Crippen LogP contribution in [0.5, 0.6) is 0 Å². The molecule has 86 valence electrons. The number of benzene rings is 1. The maximum absolute atomic E-state index is 11.8. The lowest BCUT2D eigenvalue weighted by molar-refractivity contribution is -0.123. The monoisotopic (exact) mass is 237 g/mol. The molecule has 1 aromatic rings. The Balaban J connectivity index is 1.85. The van der Waals surface area contributed by atoms with Crippen LogP contribution in [0.1, 0.15) is 30.4 Å². The molecule has 1 amide bonds. The third-order valence-corrected chi connectivity index (χ3v) is 3.23. The van der Waals surface area contributed by atoms with Crippen LogP contribution < -0.4 is 5.32 Å². The molecule has 0 spiro atoms. The summed E-state index contributed by atoms with van der Waals surface area (Å²) in [6.45, 7) is 2.61. The molecule has 1 N–H and O–H groups in total. The Hall–Kier alpha value is -1.02. The van der Waals surface area contributed by atoms with Crippen molar-refractivity contribution in [2.45, 2.75) is 31.1 Å². The van der Waals surface area contributed by atoms with Crippen LogP contribution in [0.4, 0.5) is 0 Å². The molecule has 0 aliphatic heterocycles. The second-order valence-electron chi connectivity index (χ2n) is 4.32. The minimum Gasteiger partial charge on any atom is -0.356 e. The van der Waals surface area contributed by atoms with E-state index in [1.165, 1.54) is 11.1 Å². The minimum absolute atomic E-state index is 0.0573. The van der Waals surface area contributed by atoms with E-state index in [2.05, 4.69) is 11.4 Å². The molecule has 0 saturated carbocycles. The second kappa shape index (κ2) is 4.88. The molecule has 2 unspecified atom stereocenters. The Kier molecular flexibility index (Phi) is 3.49. The van der Waals surface area contributed by atoms with Crippen molar-refractivity contribution < 1.29 is 4.79 Å². The van der Waals surface area contributed by atoms with Crippen LogP contribution in [0, 0.1) is 0 Å². The Bertz CT molecular complexity index is 389. The Morgan fingerprint density at radius 3 is 3.00 bits per heavy atom. The summed E-state index contributed by atoms with van der Waals surface area (Å²) in [4.78, 5) is 11.8. The van der Waals surface area contributed by atoms with Crippen LogP contribution in [0.15, 0.2) is 24.3 Å². The number of carbonyl (C=O) groups is 1. The number of carbonyl (C=O) groups excluding carboxylic acids is 1. The molecule has 0 fully saturated rings. The topological polar surface area (TPSA) is 29.1 Å². The largest absolute Gasteiger partial charge is 0.356 e. The fourth-order valence-corrected chi connectivity index (χ4v) is 2.12. The van der Waals surface area contributed by atoms with Crippen molar-refractivity contribution in [3.8, 4) is 0 Å². The lowest BCUT2D eigenvalue weighted by Gasteiger charge is -2.28. The molecule has 2 rings (SSSR count). The first-order chi connectivity index (χ1) is 7.68. The van der Waals surface area contributed by atoms with Crippen molar-refractivity contribution in [3.63, 3.8) is 0 Å². The summed E-state index contributed by atoms with van der Waals surface area (Å²) >= 11 is 5.82. The van der Waals surface area contributed by atoms with Crippen molar-refractivity contribution in [1.29, 1.82) is 0 Å². The minimum atomic E-state index is 0.0573. The zero-order chi connectivity index (χ0) is 11.5. The van der Waals surface area contributed by atoms with Gasteiger partial charge in [0.15, 0.2) is 0 Å². The Morgan fingerprint density at radius 2 is 2.31 bits per heavy atom. The first kappa shape index (κ1) is 11.5. The van der Waals surface area contributed by atoms with Crippen molar-refractivity contribution in [2.24, 2.45) is 0 Å². The fourth-order valence-electron chi connectivity index (χ4n) is 2.01. The number of rotatable bonds is 4. The van der Waals surface area contributed by atoms with Crippen LogP contribution in [0.25, 0.3) is 0 Å². The summed E-state index contributed by atoms with van der Waals surface area (Å²) in [6.07, 6.45) is 1.69. The molecule has 1 aromatic carbocycles. The van der Waals surface area contributed by atoms with Gasteiger partial charge < -0.3 is 5.32 Å². The fraction of sp³-hybridized carbons (Fsp3) is 0.462. The van der Waals surface area contributed by atoms with E-state index < -0.39 is 0 Å². The van der Waals surface area contributed by atoms with E-state index in [0.717, 1.165) is 12.8 Å². The summed E-state index contributed by atoms with van der Waals surface area (Å²) in [5.41, 5.74) is 2.48. The number of nitrogens with one attached hydrogen (secondary N) is 1. The molecule has 0 heterocycles. The zero-order valence-corrected chi connectivity index (χ0v) is 10.1. The third kappa shape index (κ3) is 2.38. The highest BCUT2D eigenvalue weighted by Crippen LogP contribution is 2.34. The quantitative estimate of drug-likeness (QED) is 0.801. The van der Waals surface area contributed by atoms with Gasteiger partial charge in [-0.15, -0.1) is 11.6 Å². The van der Waals surface area contributed by atoms with E-state index in [1.807, 2.05) is 25.1 Å². The standard InChI is InChI=1S/C13H16ClNO/c1-9(14)6-7-15-13(16)12-8-10-4-2-3-5-11(10)12/h2-5,9,12H,6-8H2,1H3,(H,15,16). The maximum atomic E-state index is 11.8. The molecule has 2 atom stereocenters. The molecule has 0 bridgehead atoms. The predicted octanol–water partition coefficient (Wildman–Crippen LogP) is 2.46. The highest BCUT2D eigenvalue weighted by Gasteiger charge is 2.31. The van der Waals surface area contributed by atoms with Gasteiger partial charge >= 0.3 is 0 Å². The van der Waals surface area contributed by atoms with Gasteiger partial charge in [0.05, 0.1) is 5.92 Å². The maximum Gasteiger partial charge on any atom is 0.227 e. The highest BCUT2D eigenvalue weighted by atomic mass is 35.5. The van der Waals surface area contributed by atoms with E-state index in [1.54, 1.807) is 0 Å². The van der Waals surface area contributed by atoms with Gasteiger partial charge in [-0.1, -0.05) is 24.3 Å². The van der Waals surface area contributed by atoms with Gasteiger partial charge in [0.25, 0.3) is 0 Å². The predicted molar refractivity (Wildman–Crippen MR) is 65.8 cm³/mol. The number of amides is 1. The number of alkyl halides is 1. The van der Waals surface area contributed by atoms with Gasteiger partial charge in [0.2, 0.25) is 5.91 Å². The van der Waals surface area contributed by atoms with Crippen LogP contribution in [0.2, 0.25) is 0 Å². The first-order valence-corrected chi connectivity index (χ1v) is 6.11. The molecule has 2 nitrogen and oxygen atoms in total. The van der Waals surface area contributed by atoms with Crippen LogP contribution >= 0.6 is 11.6 Å². The van der Waals surface area contributed by atoms with Gasteiger partial charge in [-0.2, -0.15) is 0 Å². The first-order valence-electron chi connectivity index (χ1n) is 5.68. The number of fused-ring (bicyclic) bond motifs is 1. The van der Waals surface area contributed by atoms with Gasteiger partial charge in [0.1, 0.15) is 0 Å². The average Bonchev–Trinajstić information content (AvgIpc) is 2.19. The van der Waals surface area contributed by atoms with Crippen LogP contribution in [-0.2, 0) is 11.2 Å². The lowest BCUT2D eigenvalue weighted by Crippen LogP contribution is -2.36. The summed E-state index contributed by atoms with van der Waals surface area (Å²) in [6, 6.07) is 8.12. The van der Waals surface area contributed by atoms with Gasteiger partial charge in [-0.3, -0.25) is 4.79 Å². The summed E-state index contributed by atoms with van der Waals surface area (Å²) in [5.74, 6) is 0.192. The zero-order valence-electron chi connectivity index (χ0n) is 9.37. The molecule has 0 radical (unpaired) electrons. The summed E-state index contributed by atoms with van der Waals surface area (Å²) in [7, 11) is 0. The van der Waals surface area contributed by atoms with Crippen LogP contribution in [-0.4, -0.2) is 17.8 Å². The molecule has 16 heavy (non-hydrogen) atoms. The Morgan fingerprint density at radius 1 is 1.56 bits per heavy atom. The van der Waals surface area contributed by atoms with E-state index in [-0.39, 0.29) is 17.2 Å². The van der Waals surface area contributed by atoms with Crippen molar-refractivity contribution in [3.05, 3.63) is 35.4 Å². The molecule has 1 aliphatic carbocycles. The van der Waals surface area contributed by atoms with Crippen molar-refractivity contribution in [2.75, 3.05) is 6.54 Å². The molecular weight excluding hydrogens is 222 g/mol. The van der Waals surface area contributed by atoms with E-state index >= 15 is 0 Å². The smallest absolute Gasteiger partial charge is 0.227 e. The molecule has 1 aliphatic rings. The van der Waals surface area contributed by atoms with Crippen molar-refractivity contribution >= 4 is 17.5 Å². The summed E-state index contributed by atoms with van der Waals surface area (Å²) < 4.78 is 0. The number of halogens is 1. The van der Waals surface area contributed by atoms with Crippen LogP contribution in [0.3, 0.4) is 0 Å². The number of hydrogen-bond acceptors (Lipinski definition) is 1. The average molecular weight is 238 g/mol. The Labute approximate surface area is 101 Å².